The van der Waals surface area contributed by atoms with Crippen LogP contribution in [0.3, 0.4) is 0 Å². The number of fused-ring (bicyclic) bond motifs is 1. The van der Waals surface area contributed by atoms with Crippen molar-refractivity contribution in [3.63, 3.8) is 0 Å². The van der Waals surface area contributed by atoms with Gasteiger partial charge in [0.15, 0.2) is 5.82 Å². The standard InChI is InChI=1S/C19H13F2N5/c1-22-18-14-8-12(11-2-4-13(20)5-3-11)9-15(21)17(14)25-19(26-18)16-10-23-6-7-24-16/h2-10H,1H3,(H,22,25,26). The Morgan fingerprint density at radius 3 is 2.42 bits per heavy atom. The first-order chi connectivity index (χ1) is 12.7. The van der Waals surface area contributed by atoms with Gasteiger partial charge in [-0.2, -0.15) is 0 Å². The summed E-state index contributed by atoms with van der Waals surface area (Å²) in [6.45, 7) is 0. The molecule has 0 aliphatic heterocycles. The van der Waals surface area contributed by atoms with E-state index in [0.29, 0.717) is 28.0 Å². The van der Waals surface area contributed by atoms with E-state index in [1.54, 1.807) is 31.4 Å². The zero-order valence-corrected chi connectivity index (χ0v) is 13.7. The number of halogens is 2. The van der Waals surface area contributed by atoms with Crippen molar-refractivity contribution in [2.45, 2.75) is 0 Å². The Morgan fingerprint density at radius 1 is 0.923 bits per heavy atom. The Labute approximate surface area is 147 Å². The van der Waals surface area contributed by atoms with Crippen molar-refractivity contribution in [3.05, 3.63) is 66.6 Å². The molecule has 0 aliphatic rings. The van der Waals surface area contributed by atoms with E-state index in [4.69, 9.17) is 0 Å². The highest BCUT2D eigenvalue weighted by Crippen LogP contribution is 2.31. The van der Waals surface area contributed by atoms with E-state index in [-0.39, 0.29) is 17.2 Å². The molecule has 0 amide bonds. The van der Waals surface area contributed by atoms with Gasteiger partial charge in [0, 0.05) is 24.8 Å². The first kappa shape index (κ1) is 16.0. The summed E-state index contributed by atoms with van der Waals surface area (Å²) in [5.74, 6) is -0.0874. The number of nitrogens with one attached hydrogen (secondary N) is 1. The van der Waals surface area contributed by atoms with Crippen molar-refractivity contribution in [2.75, 3.05) is 12.4 Å². The van der Waals surface area contributed by atoms with Crippen LogP contribution >= 0.6 is 0 Å². The molecule has 7 heteroatoms. The lowest BCUT2D eigenvalue weighted by molar-refractivity contribution is 0.628. The topological polar surface area (TPSA) is 63.6 Å². The lowest BCUT2D eigenvalue weighted by atomic mass is 10.0. The Balaban J connectivity index is 1.93. The second-order valence-electron chi connectivity index (χ2n) is 5.60. The molecule has 0 radical (unpaired) electrons. The lowest BCUT2D eigenvalue weighted by Gasteiger charge is -2.11. The SMILES string of the molecule is CNc1nc(-c2cnccn2)nc2c(F)cc(-c3ccc(F)cc3)cc12. The lowest BCUT2D eigenvalue weighted by Crippen LogP contribution is -2.01. The average molecular weight is 349 g/mol. The summed E-state index contributed by atoms with van der Waals surface area (Å²) in [5, 5.41) is 3.50. The summed E-state index contributed by atoms with van der Waals surface area (Å²) in [6.07, 6.45) is 4.58. The van der Waals surface area contributed by atoms with Crippen LogP contribution in [0.4, 0.5) is 14.6 Å². The normalized spacial score (nSPS) is 10.9. The molecular formula is C19H13F2N5. The van der Waals surface area contributed by atoms with E-state index in [1.165, 1.54) is 30.6 Å². The Bertz CT molecular complexity index is 1080. The third-order valence-corrected chi connectivity index (χ3v) is 3.96. The molecule has 0 unspecified atom stereocenters. The van der Waals surface area contributed by atoms with Crippen LogP contribution in [0.25, 0.3) is 33.5 Å². The Kier molecular flexibility index (Phi) is 3.96. The van der Waals surface area contributed by atoms with Crippen molar-refractivity contribution in [1.82, 2.24) is 19.9 Å². The smallest absolute Gasteiger partial charge is 0.182 e. The largest absolute Gasteiger partial charge is 0.373 e. The van der Waals surface area contributed by atoms with Gasteiger partial charge in [-0.3, -0.25) is 4.98 Å². The average Bonchev–Trinajstić information content (AvgIpc) is 2.68. The molecule has 2 aromatic carbocycles. The summed E-state index contributed by atoms with van der Waals surface area (Å²) in [6, 6.07) is 9.03. The highest BCUT2D eigenvalue weighted by atomic mass is 19.1. The quantitative estimate of drug-likeness (QED) is 0.604. The number of hydrogen-bond acceptors (Lipinski definition) is 5. The summed E-state index contributed by atoms with van der Waals surface area (Å²) in [7, 11) is 1.70. The molecule has 4 aromatic rings. The number of hydrogen-bond donors (Lipinski definition) is 1. The Hall–Kier alpha value is -3.48. The molecule has 2 aromatic heterocycles. The maximum Gasteiger partial charge on any atom is 0.182 e. The van der Waals surface area contributed by atoms with Gasteiger partial charge in [-0.25, -0.2) is 23.7 Å². The molecule has 0 saturated heterocycles. The van der Waals surface area contributed by atoms with Gasteiger partial charge in [-0.1, -0.05) is 12.1 Å². The predicted molar refractivity (Wildman–Crippen MR) is 95.5 cm³/mol. The minimum Gasteiger partial charge on any atom is -0.373 e. The molecule has 0 spiro atoms. The van der Waals surface area contributed by atoms with E-state index in [9.17, 15) is 8.78 Å². The molecular weight excluding hydrogens is 336 g/mol. The number of nitrogens with zero attached hydrogens (tertiary/aromatic N) is 4. The van der Waals surface area contributed by atoms with Crippen LogP contribution in [0.5, 0.6) is 0 Å². The minimum absolute atomic E-state index is 0.177. The van der Waals surface area contributed by atoms with Gasteiger partial charge in [-0.05, 0) is 35.4 Å². The molecule has 0 fully saturated rings. The van der Waals surface area contributed by atoms with Gasteiger partial charge in [0.2, 0.25) is 0 Å². The second-order valence-corrected chi connectivity index (χ2v) is 5.60. The summed E-state index contributed by atoms with van der Waals surface area (Å²) >= 11 is 0. The molecule has 5 nitrogen and oxygen atoms in total. The fraction of sp³-hybridized carbons (Fsp3) is 0.0526. The number of benzene rings is 2. The molecule has 0 atom stereocenters. The van der Waals surface area contributed by atoms with E-state index < -0.39 is 5.82 Å². The van der Waals surface area contributed by atoms with Crippen LogP contribution in [0.15, 0.2) is 55.0 Å². The first-order valence-corrected chi connectivity index (χ1v) is 7.87. The van der Waals surface area contributed by atoms with Gasteiger partial charge >= 0.3 is 0 Å². The van der Waals surface area contributed by atoms with E-state index in [2.05, 4.69) is 25.3 Å². The van der Waals surface area contributed by atoms with Crippen molar-refractivity contribution >= 4 is 16.7 Å². The number of aromatic nitrogens is 4. The second kappa shape index (κ2) is 6.44. The molecule has 4 rings (SSSR count). The molecule has 26 heavy (non-hydrogen) atoms. The maximum absolute atomic E-state index is 14.8. The molecule has 0 aliphatic carbocycles. The van der Waals surface area contributed by atoms with Crippen molar-refractivity contribution in [2.24, 2.45) is 0 Å². The zero-order valence-electron chi connectivity index (χ0n) is 13.7. The molecule has 0 saturated carbocycles. The fourth-order valence-electron chi connectivity index (χ4n) is 2.72. The van der Waals surface area contributed by atoms with Gasteiger partial charge < -0.3 is 5.32 Å². The summed E-state index contributed by atoms with van der Waals surface area (Å²) < 4.78 is 27.9. The summed E-state index contributed by atoms with van der Waals surface area (Å²) in [5.41, 5.74) is 1.94. The monoisotopic (exact) mass is 349 g/mol. The van der Waals surface area contributed by atoms with E-state index >= 15 is 0 Å². The minimum atomic E-state index is -0.495. The van der Waals surface area contributed by atoms with Crippen LogP contribution < -0.4 is 5.32 Å². The fourth-order valence-corrected chi connectivity index (χ4v) is 2.72. The Morgan fingerprint density at radius 2 is 1.73 bits per heavy atom. The van der Waals surface area contributed by atoms with Gasteiger partial charge in [-0.15, -0.1) is 0 Å². The third kappa shape index (κ3) is 2.83. The summed E-state index contributed by atoms with van der Waals surface area (Å²) in [4.78, 5) is 16.9. The van der Waals surface area contributed by atoms with Crippen LogP contribution in [0.2, 0.25) is 0 Å². The van der Waals surface area contributed by atoms with Crippen LogP contribution in [0, 0.1) is 11.6 Å². The third-order valence-electron chi connectivity index (χ3n) is 3.96. The van der Waals surface area contributed by atoms with Crippen LogP contribution in [-0.2, 0) is 0 Å². The predicted octanol–water partition coefficient (Wildman–Crippen LogP) is 4.07. The van der Waals surface area contributed by atoms with Crippen LogP contribution in [0.1, 0.15) is 0 Å². The van der Waals surface area contributed by atoms with Crippen molar-refractivity contribution in [3.8, 4) is 22.6 Å². The first-order valence-electron chi connectivity index (χ1n) is 7.87. The highest BCUT2D eigenvalue weighted by Gasteiger charge is 2.15. The van der Waals surface area contributed by atoms with Gasteiger partial charge in [0.25, 0.3) is 0 Å². The van der Waals surface area contributed by atoms with Gasteiger partial charge in [0.1, 0.15) is 28.7 Å². The maximum atomic E-state index is 14.8. The number of anilines is 1. The van der Waals surface area contributed by atoms with Gasteiger partial charge in [0.05, 0.1) is 6.20 Å². The van der Waals surface area contributed by atoms with Crippen molar-refractivity contribution in [1.29, 1.82) is 0 Å². The zero-order chi connectivity index (χ0) is 18.1. The number of rotatable bonds is 3. The van der Waals surface area contributed by atoms with E-state index in [0.717, 1.165) is 0 Å². The molecule has 0 bridgehead atoms. The van der Waals surface area contributed by atoms with Crippen LogP contribution in [-0.4, -0.2) is 27.0 Å². The molecule has 2 heterocycles. The highest BCUT2D eigenvalue weighted by molar-refractivity contribution is 5.94. The molecule has 128 valence electrons. The van der Waals surface area contributed by atoms with Crippen molar-refractivity contribution < 1.29 is 8.78 Å². The molecule has 1 N–H and O–H groups in total. The van der Waals surface area contributed by atoms with E-state index in [1.807, 2.05) is 0 Å².